The number of hydrogen-bond donors (Lipinski definition) is 0. The topological polar surface area (TPSA) is 51.2 Å². The molecule has 2 bridgehead atoms. The Balaban J connectivity index is 1.78. The van der Waals surface area contributed by atoms with Gasteiger partial charge in [-0.3, -0.25) is 4.79 Å². The number of carbonyl (C=O) groups is 1. The highest BCUT2D eigenvalue weighted by atomic mass is 32.2. The minimum absolute atomic E-state index is 0.112. The molecule has 0 amide bonds. The fourth-order valence-electron chi connectivity index (χ4n) is 3.79. The van der Waals surface area contributed by atoms with Crippen molar-refractivity contribution in [3.05, 3.63) is 29.8 Å². The van der Waals surface area contributed by atoms with Gasteiger partial charge in [-0.05, 0) is 25.7 Å². The molecule has 2 aliphatic heterocycles. The molecule has 2 heterocycles. The zero-order chi connectivity index (χ0) is 16.1. The van der Waals surface area contributed by atoms with Crippen LogP contribution in [0.5, 0.6) is 0 Å². The second-order valence-electron chi connectivity index (χ2n) is 7.77. The number of Topliss-reactive ketones (excluding diaryl/α,β-unsaturated/α-hetero) is 1. The lowest BCUT2D eigenvalue weighted by atomic mass is 9.90. The van der Waals surface area contributed by atoms with Gasteiger partial charge < -0.3 is 0 Å². The van der Waals surface area contributed by atoms with Crippen molar-refractivity contribution < 1.29 is 13.2 Å². The number of ketones is 1. The van der Waals surface area contributed by atoms with Crippen molar-refractivity contribution in [1.29, 1.82) is 0 Å². The summed E-state index contributed by atoms with van der Waals surface area (Å²) < 4.78 is 24.3. The Morgan fingerprint density at radius 2 is 1.50 bits per heavy atom. The van der Waals surface area contributed by atoms with Gasteiger partial charge in [0.2, 0.25) is 0 Å². The van der Waals surface area contributed by atoms with Crippen molar-refractivity contribution in [2.45, 2.75) is 55.8 Å². The summed E-state index contributed by atoms with van der Waals surface area (Å²) in [6.45, 7) is 6.86. The van der Waals surface area contributed by atoms with Crippen LogP contribution in [-0.4, -0.2) is 32.8 Å². The van der Waals surface area contributed by atoms with Gasteiger partial charge in [-0.2, -0.15) is 0 Å². The number of carbonyl (C=O) groups excluding carboxylic acids is 1. The smallest absolute Gasteiger partial charge is 0.166 e. The van der Waals surface area contributed by atoms with E-state index in [-0.39, 0.29) is 22.2 Å². The first-order valence-corrected chi connectivity index (χ1v) is 13.2. The monoisotopic (exact) mass is 336 g/mol. The molecule has 2 unspecified atom stereocenters. The zero-order valence-electron chi connectivity index (χ0n) is 13.5. The molecule has 0 saturated carbocycles. The van der Waals surface area contributed by atoms with E-state index in [4.69, 9.17) is 0 Å². The minimum Gasteiger partial charge on any atom is -0.294 e. The highest BCUT2D eigenvalue weighted by Crippen LogP contribution is 2.42. The summed E-state index contributed by atoms with van der Waals surface area (Å²) in [5.41, 5.74) is 0.741. The van der Waals surface area contributed by atoms with E-state index in [9.17, 15) is 13.2 Å². The van der Waals surface area contributed by atoms with E-state index < -0.39 is 17.9 Å². The first-order chi connectivity index (χ1) is 10.2. The number of hydrogen-bond acceptors (Lipinski definition) is 3. The van der Waals surface area contributed by atoms with Crippen LogP contribution in [0.15, 0.2) is 24.3 Å². The summed E-state index contributed by atoms with van der Waals surface area (Å²) in [5.74, 6) is 0.0210. The molecule has 5 heteroatoms. The molecule has 1 aromatic rings. The lowest BCUT2D eigenvalue weighted by Gasteiger charge is -2.27. The molecule has 2 atom stereocenters. The van der Waals surface area contributed by atoms with Crippen LogP contribution in [0.1, 0.15) is 36.0 Å². The summed E-state index contributed by atoms with van der Waals surface area (Å²) in [4.78, 5) is 12.7. The Kier molecular flexibility index (Phi) is 3.84. The molecule has 2 fully saturated rings. The van der Waals surface area contributed by atoms with Crippen LogP contribution < -0.4 is 5.19 Å². The van der Waals surface area contributed by atoms with Gasteiger partial charge in [-0.15, -0.1) is 0 Å². The first kappa shape index (κ1) is 15.9. The van der Waals surface area contributed by atoms with Gasteiger partial charge in [-0.25, -0.2) is 8.42 Å². The van der Waals surface area contributed by atoms with E-state index in [1.807, 2.05) is 12.1 Å². The summed E-state index contributed by atoms with van der Waals surface area (Å²) >= 11 is 0. The summed E-state index contributed by atoms with van der Waals surface area (Å²) in [5, 5.41) is 0.790. The van der Waals surface area contributed by atoms with Crippen molar-refractivity contribution in [2.24, 2.45) is 5.92 Å². The highest BCUT2D eigenvalue weighted by molar-refractivity contribution is 7.93. The first-order valence-electron chi connectivity index (χ1n) is 8.07. The lowest BCUT2D eigenvalue weighted by Crippen LogP contribution is -2.38. The minimum atomic E-state index is -2.95. The number of rotatable bonds is 3. The molecule has 1 aromatic carbocycles. The molecule has 3 nitrogen and oxygen atoms in total. The Bertz CT molecular complexity index is 666. The molecule has 22 heavy (non-hydrogen) atoms. The largest absolute Gasteiger partial charge is 0.294 e. The molecule has 0 N–H and O–H groups in total. The van der Waals surface area contributed by atoms with Gasteiger partial charge in [0.25, 0.3) is 0 Å². The molecule has 0 aliphatic carbocycles. The predicted molar refractivity (Wildman–Crippen MR) is 92.2 cm³/mol. The maximum atomic E-state index is 12.7. The van der Waals surface area contributed by atoms with Crippen LogP contribution in [0.2, 0.25) is 19.6 Å². The Morgan fingerprint density at radius 3 is 1.95 bits per heavy atom. The van der Waals surface area contributed by atoms with Crippen LogP contribution >= 0.6 is 0 Å². The Labute approximate surface area is 134 Å². The van der Waals surface area contributed by atoms with Crippen LogP contribution in [0, 0.1) is 5.92 Å². The van der Waals surface area contributed by atoms with Crippen LogP contribution in [0.3, 0.4) is 0 Å². The maximum Gasteiger partial charge on any atom is 0.166 e. The molecule has 3 rings (SSSR count). The second-order valence-corrected chi connectivity index (χ2v) is 15.4. The molecule has 0 radical (unpaired) electrons. The average molecular weight is 337 g/mol. The number of benzene rings is 1. The third-order valence-corrected chi connectivity index (χ3v) is 10.0. The van der Waals surface area contributed by atoms with E-state index in [0.29, 0.717) is 12.8 Å². The van der Waals surface area contributed by atoms with Crippen molar-refractivity contribution in [1.82, 2.24) is 0 Å². The third kappa shape index (κ3) is 2.69. The number of sulfone groups is 1. The fourth-order valence-corrected chi connectivity index (χ4v) is 7.43. The van der Waals surface area contributed by atoms with Gasteiger partial charge in [0.1, 0.15) is 0 Å². The van der Waals surface area contributed by atoms with Crippen molar-refractivity contribution in [3.8, 4) is 0 Å². The molecule has 0 spiro atoms. The van der Waals surface area contributed by atoms with E-state index in [1.165, 1.54) is 5.19 Å². The molecule has 2 saturated heterocycles. The number of fused-ring (bicyclic) bond motifs is 2. The maximum absolute atomic E-state index is 12.7. The lowest BCUT2D eigenvalue weighted by molar-refractivity contribution is 0.0905. The molecule has 120 valence electrons. The quantitative estimate of drug-likeness (QED) is 0.630. The van der Waals surface area contributed by atoms with Crippen LogP contribution in [0.25, 0.3) is 0 Å². The van der Waals surface area contributed by atoms with Gasteiger partial charge >= 0.3 is 0 Å². The van der Waals surface area contributed by atoms with E-state index in [1.54, 1.807) is 0 Å². The average Bonchev–Trinajstić information content (AvgIpc) is 2.66. The van der Waals surface area contributed by atoms with Gasteiger partial charge in [0, 0.05) is 11.5 Å². The van der Waals surface area contributed by atoms with E-state index >= 15 is 0 Å². The van der Waals surface area contributed by atoms with Gasteiger partial charge in [0.15, 0.2) is 15.6 Å². The second kappa shape index (κ2) is 5.30. The highest BCUT2D eigenvalue weighted by Gasteiger charge is 2.48. The summed E-state index contributed by atoms with van der Waals surface area (Å²) in [6.07, 6.45) is 2.53. The normalized spacial score (nSPS) is 30.2. The van der Waals surface area contributed by atoms with E-state index in [0.717, 1.165) is 18.4 Å². The van der Waals surface area contributed by atoms with Crippen LogP contribution in [0.4, 0.5) is 0 Å². The molecule has 0 aromatic heterocycles. The predicted octanol–water partition coefficient (Wildman–Crippen LogP) is 2.77. The van der Waals surface area contributed by atoms with E-state index in [2.05, 4.69) is 31.8 Å². The van der Waals surface area contributed by atoms with Crippen molar-refractivity contribution >= 4 is 28.9 Å². The SMILES string of the molecule is C[Si](C)(C)c1ccc(C(=O)C2CC3CCC(C2)S3(=O)=O)cc1. The van der Waals surface area contributed by atoms with Crippen LogP contribution in [-0.2, 0) is 9.84 Å². The van der Waals surface area contributed by atoms with Gasteiger partial charge in [-0.1, -0.05) is 49.1 Å². The molecule has 2 aliphatic rings. The van der Waals surface area contributed by atoms with Crippen molar-refractivity contribution in [2.75, 3.05) is 0 Å². The fraction of sp³-hybridized carbons (Fsp3) is 0.588. The summed E-state index contributed by atoms with van der Waals surface area (Å²) in [7, 11) is -4.30. The molecular formula is C17H24O3SSi. The molecular weight excluding hydrogens is 312 g/mol. The zero-order valence-corrected chi connectivity index (χ0v) is 15.3. The Hall–Kier alpha value is -0.943. The standard InChI is InChI=1S/C17H24O3SSi/c1-22(2,3)16-8-4-12(5-9-16)17(18)13-10-14-6-7-15(11-13)21(14,19)20/h4-5,8-9,13-15H,6-7,10-11H2,1-3H3. The Morgan fingerprint density at radius 1 is 1.00 bits per heavy atom. The third-order valence-electron chi connectivity index (χ3n) is 5.24. The van der Waals surface area contributed by atoms with Gasteiger partial charge in [0.05, 0.1) is 18.6 Å². The van der Waals surface area contributed by atoms with Crippen molar-refractivity contribution in [3.63, 3.8) is 0 Å². The summed E-state index contributed by atoms with van der Waals surface area (Å²) in [6, 6.07) is 8.02.